The summed E-state index contributed by atoms with van der Waals surface area (Å²) in [4.78, 5) is 4.46. The van der Waals surface area contributed by atoms with E-state index < -0.39 is 5.82 Å². The Morgan fingerprint density at radius 2 is 2.00 bits per heavy atom. The molecule has 0 saturated carbocycles. The minimum absolute atomic E-state index is 0.245. The molecule has 1 aromatic heterocycles. The van der Waals surface area contributed by atoms with Gasteiger partial charge in [0, 0.05) is 10.9 Å². The third-order valence-corrected chi connectivity index (χ3v) is 3.63. The smallest absolute Gasteiger partial charge is 0.147 e. The van der Waals surface area contributed by atoms with Crippen molar-refractivity contribution in [1.29, 1.82) is 0 Å². The van der Waals surface area contributed by atoms with E-state index in [9.17, 15) is 4.39 Å². The number of fused-ring (bicyclic) bond motifs is 1. The maximum Gasteiger partial charge on any atom is 0.147 e. The van der Waals surface area contributed by atoms with Crippen LogP contribution in [-0.4, -0.2) is 11.2 Å². The Morgan fingerprint density at radius 1 is 1.18 bits per heavy atom. The molecule has 3 aromatic rings. The third kappa shape index (κ3) is 2.92. The first-order valence-electron chi connectivity index (χ1n) is 6.74. The van der Waals surface area contributed by atoms with Crippen molar-refractivity contribution in [2.75, 3.05) is 5.43 Å². The lowest BCUT2D eigenvalue weighted by atomic mass is 10.1. The number of hydrogen-bond donors (Lipinski definition) is 1. The number of hydrazone groups is 1. The molecular formula is C17H13ClFN3. The number of aryl methyl sites for hydroxylation is 1. The molecule has 0 unspecified atom stereocenters. The maximum absolute atomic E-state index is 13.6. The lowest BCUT2D eigenvalue weighted by Gasteiger charge is -2.05. The Labute approximate surface area is 132 Å². The molecule has 0 atom stereocenters. The predicted octanol–water partition coefficient (Wildman–Crippen LogP) is 4.78. The molecule has 0 aliphatic rings. The van der Waals surface area contributed by atoms with Crippen LogP contribution in [0.2, 0.25) is 5.02 Å². The molecule has 3 rings (SSSR count). The van der Waals surface area contributed by atoms with Gasteiger partial charge in [0.05, 0.1) is 16.8 Å². The Kier molecular flexibility index (Phi) is 4.02. The molecule has 2 aromatic carbocycles. The fraction of sp³-hybridized carbons (Fsp3) is 0.0588. The lowest BCUT2D eigenvalue weighted by Crippen LogP contribution is -1.97. The number of pyridine rings is 1. The van der Waals surface area contributed by atoms with E-state index in [0.717, 1.165) is 16.5 Å². The van der Waals surface area contributed by atoms with Crippen LogP contribution in [0.25, 0.3) is 10.9 Å². The molecule has 110 valence electrons. The van der Waals surface area contributed by atoms with Gasteiger partial charge in [-0.1, -0.05) is 35.9 Å². The van der Waals surface area contributed by atoms with E-state index in [4.69, 9.17) is 11.6 Å². The van der Waals surface area contributed by atoms with Gasteiger partial charge in [0.2, 0.25) is 0 Å². The Balaban J connectivity index is 1.86. The second-order valence-electron chi connectivity index (χ2n) is 4.85. The summed E-state index contributed by atoms with van der Waals surface area (Å²) in [5, 5.41) is 5.42. The summed E-state index contributed by atoms with van der Waals surface area (Å²) in [6.45, 7) is 2.01. The fourth-order valence-corrected chi connectivity index (χ4v) is 2.42. The summed E-state index contributed by atoms with van der Waals surface area (Å²) in [7, 11) is 0. The van der Waals surface area contributed by atoms with Gasteiger partial charge in [-0.15, -0.1) is 0 Å². The van der Waals surface area contributed by atoms with Crippen molar-refractivity contribution >= 4 is 34.5 Å². The molecule has 0 spiro atoms. The number of para-hydroxylation sites is 1. The van der Waals surface area contributed by atoms with Crippen LogP contribution in [0, 0.1) is 12.7 Å². The first-order valence-corrected chi connectivity index (χ1v) is 7.12. The zero-order valence-corrected chi connectivity index (χ0v) is 12.6. The van der Waals surface area contributed by atoms with E-state index in [2.05, 4.69) is 15.5 Å². The van der Waals surface area contributed by atoms with Gasteiger partial charge in [-0.05, 0) is 36.8 Å². The van der Waals surface area contributed by atoms with E-state index in [-0.39, 0.29) is 5.56 Å². The topological polar surface area (TPSA) is 37.3 Å². The fourth-order valence-electron chi connectivity index (χ4n) is 2.20. The normalized spacial score (nSPS) is 11.2. The average molecular weight is 314 g/mol. The van der Waals surface area contributed by atoms with Gasteiger partial charge >= 0.3 is 0 Å². The van der Waals surface area contributed by atoms with Crippen LogP contribution in [-0.2, 0) is 0 Å². The van der Waals surface area contributed by atoms with Gasteiger partial charge in [-0.3, -0.25) is 5.43 Å². The summed E-state index contributed by atoms with van der Waals surface area (Å²) < 4.78 is 13.6. The van der Waals surface area contributed by atoms with Crippen LogP contribution in [0.4, 0.5) is 10.2 Å². The van der Waals surface area contributed by atoms with Crippen molar-refractivity contribution in [2.24, 2.45) is 5.10 Å². The molecule has 22 heavy (non-hydrogen) atoms. The maximum atomic E-state index is 13.6. The highest BCUT2D eigenvalue weighted by Gasteiger charge is 2.04. The minimum atomic E-state index is -0.416. The van der Waals surface area contributed by atoms with E-state index in [0.29, 0.717) is 10.8 Å². The van der Waals surface area contributed by atoms with Crippen molar-refractivity contribution in [3.05, 3.63) is 70.5 Å². The SMILES string of the molecule is Cc1cc(N/N=C/c2c(F)cccc2Cl)nc2ccccc12. The molecule has 1 N–H and O–H groups in total. The molecule has 3 nitrogen and oxygen atoms in total. The van der Waals surface area contributed by atoms with Crippen molar-refractivity contribution in [3.63, 3.8) is 0 Å². The van der Waals surface area contributed by atoms with Crippen molar-refractivity contribution < 1.29 is 4.39 Å². The van der Waals surface area contributed by atoms with Crippen LogP contribution >= 0.6 is 11.6 Å². The van der Waals surface area contributed by atoms with E-state index in [1.54, 1.807) is 12.1 Å². The number of rotatable bonds is 3. The second kappa shape index (κ2) is 6.12. The number of halogens is 2. The van der Waals surface area contributed by atoms with Crippen LogP contribution < -0.4 is 5.43 Å². The van der Waals surface area contributed by atoms with E-state index in [1.165, 1.54) is 12.3 Å². The zero-order valence-electron chi connectivity index (χ0n) is 11.8. The Morgan fingerprint density at radius 3 is 2.82 bits per heavy atom. The minimum Gasteiger partial charge on any atom is -0.261 e. The number of nitrogens with one attached hydrogen (secondary N) is 1. The zero-order chi connectivity index (χ0) is 15.5. The summed E-state index contributed by atoms with van der Waals surface area (Å²) in [5.74, 6) is 0.181. The summed E-state index contributed by atoms with van der Waals surface area (Å²) in [6.07, 6.45) is 1.35. The molecule has 0 bridgehead atoms. The van der Waals surface area contributed by atoms with E-state index in [1.807, 2.05) is 37.3 Å². The third-order valence-electron chi connectivity index (χ3n) is 3.30. The number of nitrogens with zero attached hydrogens (tertiary/aromatic N) is 2. The highest BCUT2D eigenvalue weighted by Crippen LogP contribution is 2.20. The van der Waals surface area contributed by atoms with Crippen molar-refractivity contribution in [1.82, 2.24) is 4.98 Å². The molecule has 0 amide bonds. The van der Waals surface area contributed by atoms with Gasteiger partial charge in [-0.2, -0.15) is 5.10 Å². The average Bonchev–Trinajstić information content (AvgIpc) is 2.50. The monoisotopic (exact) mass is 313 g/mol. The van der Waals surface area contributed by atoms with Gasteiger partial charge in [0.25, 0.3) is 0 Å². The molecule has 0 aliphatic carbocycles. The quantitative estimate of drug-likeness (QED) is 0.558. The number of aromatic nitrogens is 1. The van der Waals surface area contributed by atoms with Gasteiger partial charge in [0.15, 0.2) is 0 Å². The second-order valence-corrected chi connectivity index (χ2v) is 5.25. The number of anilines is 1. The first-order chi connectivity index (χ1) is 10.6. The lowest BCUT2D eigenvalue weighted by molar-refractivity contribution is 0.626. The molecule has 0 saturated heterocycles. The number of hydrogen-bond acceptors (Lipinski definition) is 3. The largest absolute Gasteiger partial charge is 0.261 e. The molecule has 0 aliphatic heterocycles. The standard InChI is InChI=1S/C17H13ClFN3/c1-11-9-17(21-16-8-3-2-5-12(11)16)22-20-10-13-14(18)6-4-7-15(13)19/h2-10H,1H3,(H,21,22)/b20-10+. The van der Waals surface area contributed by atoms with Crippen LogP contribution in [0.3, 0.4) is 0 Å². The van der Waals surface area contributed by atoms with Crippen molar-refractivity contribution in [2.45, 2.75) is 6.92 Å². The highest BCUT2D eigenvalue weighted by atomic mass is 35.5. The van der Waals surface area contributed by atoms with Gasteiger partial charge < -0.3 is 0 Å². The van der Waals surface area contributed by atoms with Crippen molar-refractivity contribution in [3.8, 4) is 0 Å². The van der Waals surface area contributed by atoms with Gasteiger partial charge in [-0.25, -0.2) is 9.37 Å². The summed E-state index contributed by atoms with van der Waals surface area (Å²) >= 11 is 5.94. The van der Waals surface area contributed by atoms with Gasteiger partial charge in [0.1, 0.15) is 11.6 Å². The molecule has 0 radical (unpaired) electrons. The molecule has 0 fully saturated rings. The van der Waals surface area contributed by atoms with Crippen LogP contribution in [0.5, 0.6) is 0 Å². The molecule has 1 heterocycles. The predicted molar refractivity (Wildman–Crippen MR) is 89.1 cm³/mol. The Bertz CT molecular complexity index is 841. The van der Waals surface area contributed by atoms with Crippen LogP contribution in [0.15, 0.2) is 53.6 Å². The number of benzene rings is 2. The molecule has 5 heteroatoms. The summed E-state index contributed by atoms with van der Waals surface area (Å²) in [6, 6.07) is 14.3. The Hall–Kier alpha value is -2.46. The van der Waals surface area contributed by atoms with Crippen LogP contribution in [0.1, 0.15) is 11.1 Å². The highest BCUT2D eigenvalue weighted by molar-refractivity contribution is 6.33. The first kappa shape index (κ1) is 14.5. The summed E-state index contributed by atoms with van der Waals surface area (Å²) in [5.41, 5.74) is 5.03. The van der Waals surface area contributed by atoms with E-state index >= 15 is 0 Å². The molecular weight excluding hydrogens is 301 g/mol.